The van der Waals surface area contributed by atoms with Gasteiger partial charge in [-0.25, -0.2) is 0 Å². The van der Waals surface area contributed by atoms with Crippen molar-refractivity contribution in [2.75, 3.05) is 12.4 Å². The van der Waals surface area contributed by atoms with E-state index in [4.69, 9.17) is 16.3 Å². The average Bonchev–Trinajstić information content (AvgIpc) is 2.28. The molecule has 0 atom stereocenters. The molecule has 80 valence electrons. The van der Waals surface area contributed by atoms with Gasteiger partial charge in [-0.3, -0.25) is 4.79 Å². The zero-order valence-corrected chi connectivity index (χ0v) is 9.34. The molecule has 0 bridgehead atoms. The number of nitrogens with one attached hydrogen (secondary N) is 1. The van der Waals surface area contributed by atoms with Gasteiger partial charge in [0.2, 0.25) is 0 Å². The first-order valence-electron chi connectivity index (χ1n) is 4.42. The van der Waals surface area contributed by atoms with Gasteiger partial charge in [0, 0.05) is 5.69 Å². The Morgan fingerprint density at radius 2 is 1.93 bits per heavy atom. The maximum absolute atomic E-state index is 11.5. The number of methoxy groups -OCH3 is 1. The van der Waals surface area contributed by atoms with Crippen LogP contribution >= 0.6 is 11.6 Å². The van der Waals surface area contributed by atoms with Crippen LogP contribution in [0.3, 0.4) is 0 Å². The van der Waals surface area contributed by atoms with E-state index in [2.05, 4.69) is 5.32 Å². The van der Waals surface area contributed by atoms with E-state index >= 15 is 0 Å². The minimum atomic E-state index is -0.373. The lowest BCUT2D eigenvalue weighted by Gasteiger charge is -2.06. The molecule has 1 N–H and O–H groups in total. The number of para-hydroxylation sites is 1. The van der Waals surface area contributed by atoms with Crippen molar-refractivity contribution in [3.8, 4) is 0 Å². The monoisotopic (exact) mass is 225 g/mol. The molecule has 15 heavy (non-hydrogen) atoms. The number of amides is 1. The van der Waals surface area contributed by atoms with E-state index in [0.717, 1.165) is 0 Å². The van der Waals surface area contributed by atoms with Gasteiger partial charge in [-0.1, -0.05) is 29.8 Å². The van der Waals surface area contributed by atoms with Gasteiger partial charge in [-0.05, 0) is 19.1 Å². The number of hydrogen-bond donors (Lipinski definition) is 1. The van der Waals surface area contributed by atoms with Gasteiger partial charge in [-0.15, -0.1) is 0 Å². The number of anilines is 1. The predicted molar refractivity (Wildman–Crippen MR) is 60.6 cm³/mol. The molecule has 0 aromatic heterocycles. The van der Waals surface area contributed by atoms with Gasteiger partial charge < -0.3 is 10.1 Å². The van der Waals surface area contributed by atoms with E-state index in [1.165, 1.54) is 7.11 Å². The minimum absolute atomic E-state index is 0.0568. The second-order valence-electron chi connectivity index (χ2n) is 2.89. The fraction of sp³-hybridized carbons (Fsp3) is 0.182. The van der Waals surface area contributed by atoms with Crippen molar-refractivity contribution in [3.63, 3.8) is 0 Å². The quantitative estimate of drug-likeness (QED) is 0.635. The molecule has 0 aliphatic rings. The Morgan fingerprint density at radius 1 is 1.33 bits per heavy atom. The summed E-state index contributed by atoms with van der Waals surface area (Å²) in [6.07, 6.45) is 0. The summed E-state index contributed by atoms with van der Waals surface area (Å²) in [7, 11) is 1.47. The first-order valence-corrected chi connectivity index (χ1v) is 4.79. The lowest BCUT2D eigenvalue weighted by atomic mass is 10.3. The van der Waals surface area contributed by atoms with Crippen molar-refractivity contribution in [2.24, 2.45) is 0 Å². The maximum Gasteiger partial charge on any atom is 0.270 e. The molecule has 1 amide bonds. The summed E-state index contributed by atoms with van der Waals surface area (Å²) in [6, 6.07) is 9.09. The van der Waals surface area contributed by atoms with Crippen LogP contribution in [-0.4, -0.2) is 13.0 Å². The van der Waals surface area contributed by atoms with Crippen molar-refractivity contribution in [1.82, 2.24) is 0 Å². The smallest absolute Gasteiger partial charge is 0.270 e. The van der Waals surface area contributed by atoms with Gasteiger partial charge in [-0.2, -0.15) is 0 Å². The minimum Gasteiger partial charge on any atom is -0.500 e. The molecule has 1 aromatic rings. The normalized spacial score (nSPS) is 11.7. The number of hydrogen-bond acceptors (Lipinski definition) is 2. The van der Waals surface area contributed by atoms with Crippen molar-refractivity contribution in [2.45, 2.75) is 6.92 Å². The van der Waals surface area contributed by atoms with Crippen LogP contribution in [0, 0.1) is 0 Å². The van der Waals surface area contributed by atoms with E-state index in [0.29, 0.717) is 11.4 Å². The van der Waals surface area contributed by atoms with Crippen molar-refractivity contribution >= 4 is 23.2 Å². The van der Waals surface area contributed by atoms with Crippen LogP contribution < -0.4 is 5.32 Å². The Morgan fingerprint density at radius 3 is 2.47 bits per heavy atom. The van der Waals surface area contributed by atoms with E-state index < -0.39 is 0 Å². The summed E-state index contributed by atoms with van der Waals surface area (Å²) in [5.74, 6) is 0.0207. The van der Waals surface area contributed by atoms with Gasteiger partial charge in [0.1, 0.15) is 10.8 Å². The predicted octanol–water partition coefficient (Wildman–Crippen LogP) is 2.74. The highest BCUT2D eigenvalue weighted by Gasteiger charge is 2.10. The molecule has 0 saturated carbocycles. The topological polar surface area (TPSA) is 38.3 Å². The molecule has 0 spiro atoms. The number of allylic oxidation sites excluding steroid dienone is 1. The van der Waals surface area contributed by atoms with Gasteiger partial charge in [0.15, 0.2) is 0 Å². The molecule has 0 saturated heterocycles. The van der Waals surface area contributed by atoms with Crippen LogP contribution in [-0.2, 0) is 9.53 Å². The van der Waals surface area contributed by atoms with Crippen LogP contribution in [0.15, 0.2) is 41.1 Å². The summed E-state index contributed by atoms with van der Waals surface area (Å²) in [5, 5.41) is 2.70. The number of benzene rings is 1. The highest BCUT2D eigenvalue weighted by atomic mass is 35.5. The second-order valence-corrected chi connectivity index (χ2v) is 3.27. The van der Waals surface area contributed by atoms with Crippen LogP contribution in [0.1, 0.15) is 6.92 Å². The lowest BCUT2D eigenvalue weighted by molar-refractivity contribution is -0.112. The van der Waals surface area contributed by atoms with E-state index in [1.54, 1.807) is 19.1 Å². The van der Waals surface area contributed by atoms with E-state index in [9.17, 15) is 4.79 Å². The molecule has 4 heteroatoms. The molecule has 0 aliphatic carbocycles. The lowest BCUT2D eigenvalue weighted by Crippen LogP contribution is -2.12. The molecule has 1 aromatic carbocycles. The number of halogens is 1. The van der Waals surface area contributed by atoms with Crippen molar-refractivity contribution < 1.29 is 9.53 Å². The fourth-order valence-electron chi connectivity index (χ4n) is 0.957. The van der Waals surface area contributed by atoms with Crippen LogP contribution in [0.25, 0.3) is 0 Å². The maximum atomic E-state index is 11.5. The SMILES string of the molecule is COC(C)=C(Cl)C(=O)Nc1ccccc1. The zero-order valence-electron chi connectivity index (χ0n) is 8.58. The van der Waals surface area contributed by atoms with Gasteiger partial charge >= 0.3 is 0 Å². The van der Waals surface area contributed by atoms with Crippen molar-refractivity contribution in [3.05, 3.63) is 41.1 Å². The standard InChI is InChI=1S/C11H12ClNO2/c1-8(15-2)10(12)11(14)13-9-6-4-3-5-7-9/h3-7H,1-2H3,(H,13,14). The summed E-state index contributed by atoms with van der Waals surface area (Å²) in [6.45, 7) is 1.63. The van der Waals surface area contributed by atoms with Crippen LogP contribution in [0.5, 0.6) is 0 Å². The second kappa shape index (κ2) is 5.41. The summed E-state index contributed by atoms with van der Waals surface area (Å²) in [5.41, 5.74) is 0.699. The molecular weight excluding hydrogens is 214 g/mol. The highest BCUT2D eigenvalue weighted by Crippen LogP contribution is 2.13. The molecule has 1 rings (SSSR count). The largest absolute Gasteiger partial charge is 0.500 e. The van der Waals surface area contributed by atoms with E-state index in [1.807, 2.05) is 18.2 Å². The molecule has 0 fully saturated rings. The number of ether oxygens (including phenoxy) is 1. The van der Waals surface area contributed by atoms with Gasteiger partial charge in [0.25, 0.3) is 5.91 Å². The van der Waals surface area contributed by atoms with Gasteiger partial charge in [0.05, 0.1) is 7.11 Å². The third-order valence-corrected chi connectivity index (χ3v) is 2.28. The Labute approximate surface area is 93.7 Å². The zero-order chi connectivity index (χ0) is 11.3. The number of carbonyl (C=O) groups is 1. The van der Waals surface area contributed by atoms with Crippen LogP contribution in [0.2, 0.25) is 0 Å². The number of rotatable bonds is 3. The van der Waals surface area contributed by atoms with E-state index in [-0.39, 0.29) is 10.9 Å². The molecule has 0 unspecified atom stereocenters. The Bertz CT molecular complexity index is 373. The summed E-state index contributed by atoms with van der Waals surface area (Å²) >= 11 is 5.77. The third kappa shape index (κ3) is 3.29. The third-order valence-electron chi connectivity index (χ3n) is 1.85. The molecule has 0 radical (unpaired) electrons. The fourth-order valence-corrected chi connectivity index (χ4v) is 1.08. The molecule has 0 heterocycles. The molecule has 3 nitrogen and oxygen atoms in total. The first kappa shape index (κ1) is 11.6. The Balaban J connectivity index is 2.73. The molecular formula is C11H12ClNO2. The molecule has 0 aliphatic heterocycles. The summed E-state index contributed by atoms with van der Waals surface area (Å²) in [4.78, 5) is 11.5. The Kier molecular flexibility index (Phi) is 4.18. The first-order chi connectivity index (χ1) is 7.15. The average molecular weight is 226 g/mol. The number of carbonyl (C=O) groups excluding carboxylic acids is 1. The van der Waals surface area contributed by atoms with Crippen LogP contribution in [0.4, 0.5) is 5.69 Å². The van der Waals surface area contributed by atoms with Crippen molar-refractivity contribution in [1.29, 1.82) is 0 Å². The Hall–Kier alpha value is -1.48. The summed E-state index contributed by atoms with van der Waals surface area (Å²) < 4.78 is 4.86. The highest BCUT2D eigenvalue weighted by molar-refractivity contribution is 6.44.